The van der Waals surface area contributed by atoms with E-state index in [1.165, 1.54) is 5.56 Å². The minimum Gasteiger partial charge on any atom is -0.497 e. The van der Waals surface area contributed by atoms with Crippen LogP contribution in [0, 0.1) is 6.92 Å². The summed E-state index contributed by atoms with van der Waals surface area (Å²) < 4.78 is 5.20. The Labute approximate surface area is 168 Å². The van der Waals surface area contributed by atoms with Gasteiger partial charge in [-0.05, 0) is 43.3 Å². The molecule has 1 aromatic heterocycles. The van der Waals surface area contributed by atoms with Crippen molar-refractivity contribution in [3.63, 3.8) is 0 Å². The summed E-state index contributed by atoms with van der Waals surface area (Å²) in [4.78, 5) is 21.7. The Morgan fingerprint density at radius 1 is 0.897 bits per heavy atom. The average Bonchev–Trinajstić information content (AvgIpc) is 2.75. The van der Waals surface area contributed by atoms with E-state index in [0.717, 1.165) is 11.1 Å². The maximum atomic E-state index is 12.8. The number of carbonyl (C=O) groups excluding carboxylic acids is 1. The lowest BCUT2D eigenvalue weighted by molar-refractivity contribution is 0.101. The molecule has 0 unspecified atom stereocenters. The molecule has 0 aliphatic rings. The SMILES string of the molecule is COc1cccc(NC(=O)c2nc(Nc3ccc(C)cc3)c3ccccc3n2)c1. The highest BCUT2D eigenvalue weighted by atomic mass is 16.5. The minimum absolute atomic E-state index is 0.0844. The van der Waals surface area contributed by atoms with Crippen LogP contribution in [0.1, 0.15) is 16.2 Å². The fourth-order valence-electron chi connectivity index (χ4n) is 2.93. The monoisotopic (exact) mass is 384 g/mol. The van der Waals surface area contributed by atoms with Crippen molar-refractivity contribution in [1.82, 2.24) is 9.97 Å². The van der Waals surface area contributed by atoms with Gasteiger partial charge in [0.15, 0.2) is 0 Å². The lowest BCUT2D eigenvalue weighted by Gasteiger charge is -2.11. The van der Waals surface area contributed by atoms with E-state index in [-0.39, 0.29) is 5.82 Å². The second-order valence-electron chi connectivity index (χ2n) is 6.59. The maximum absolute atomic E-state index is 12.8. The Balaban J connectivity index is 1.69. The van der Waals surface area contributed by atoms with Crippen molar-refractivity contribution in [2.45, 2.75) is 6.92 Å². The zero-order valence-electron chi connectivity index (χ0n) is 16.1. The molecule has 0 radical (unpaired) electrons. The molecule has 0 saturated heterocycles. The number of fused-ring (bicyclic) bond motifs is 1. The van der Waals surface area contributed by atoms with Crippen molar-refractivity contribution in [1.29, 1.82) is 0 Å². The van der Waals surface area contributed by atoms with Crippen LogP contribution in [0.25, 0.3) is 10.9 Å². The third-order valence-corrected chi connectivity index (χ3v) is 4.45. The molecule has 1 heterocycles. The van der Waals surface area contributed by atoms with Gasteiger partial charge in [0.25, 0.3) is 5.91 Å². The van der Waals surface area contributed by atoms with Gasteiger partial charge < -0.3 is 15.4 Å². The fraction of sp³-hybridized carbons (Fsp3) is 0.0870. The summed E-state index contributed by atoms with van der Waals surface area (Å²) in [6.07, 6.45) is 0. The number of aryl methyl sites for hydroxylation is 1. The molecule has 0 atom stereocenters. The molecule has 0 spiro atoms. The summed E-state index contributed by atoms with van der Waals surface area (Å²) in [7, 11) is 1.58. The minimum atomic E-state index is -0.393. The number of benzene rings is 3. The first-order valence-electron chi connectivity index (χ1n) is 9.18. The number of nitrogens with zero attached hydrogens (tertiary/aromatic N) is 2. The van der Waals surface area contributed by atoms with Crippen LogP contribution < -0.4 is 15.4 Å². The highest BCUT2D eigenvalue weighted by Gasteiger charge is 2.15. The van der Waals surface area contributed by atoms with Gasteiger partial charge in [-0.2, -0.15) is 0 Å². The Hall–Kier alpha value is -3.93. The number of nitrogens with one attached hydrogen (secondary N) is 2. The molecule has 0 saturated carbocycles. The molecular weight excluding hydrogens is 364 g/mol. The lowest BCUT2D eigenvalue weighted by Crippen LogP contribution is -2.16. The molecule has 6 heteroatoms. The predicted molar refractivity (Wildman–Crippen MR) is 115 cm³/mol. The van der Waals surface area contributed by atoms with E-state index >= 15 is 0 Å². The van der Waals surface area contributed by atoms with E-state index in [9.17, 15) is 4.79 Å². The number of ether oxygens (including phenoxy) is 1. The summed E-state index contributed by atoms with van der Waals surface area (Å²) in [6, 6.07) is 22.7. The average molecular weight is 384 g/mol. The molecule has 144 valence electrons. The van der Waals surface area contributed by atoms with Crippen LogP contribution in [-0.2, 0) is 0 Å². The zero-order chi connectivity index (χ0) is 20.2. The molecule has 3 aromatic carbocycles. The van der Waals surface area contributed by atoms with Crippen LogP contribution in [0.5, 0.6) is 5.75 Å². The lowest BCUT2D eigenvalue weighted by atomic mass is 10.2. The highest BCUT2D eigenvalue weighted by molar-refractivity contribution is 6.04. The molecule has 0 fully saturated rings. The molecule has 29 heavy (non-hydrogen) atoms. The normalized spacial score (nSPS) is 10.6. The van der Waals surface area contributed by atoms with Crippen molar-refractivity contribution >= 4 is 34.0 Å². The number of aromatic nitrogens is 2. The number of hydrogen-bond acceptors (Lipinski definition) is 5. The Morgan fingerprint density at radius 2 is 1.69 bits per heavy atom. The first-order chi connectivity index (χ1) is 14.1. The second kappa shape index (κ2) is 7.98. The van der Waals surface area contributed by atoms with Crippen LogP contribution in [-0.4, -0.2) is 23.0 Å². The molecule has 6 nitrogen and oxygen atoms in total. The fourth-order valence-corrected chi connectivity index (χ4v) is 2.93. The van der Waals surface area contributed by atoms with Gasteiger partial charge in [-0.1, -0.05) is 35.9 Å². The van der Waals surface area contributed by atoms with Crippen molar-refractivity contribution in [3.05, 3.63) is 84.2 Å². The standard InChI is InChI=1S/C23H20N4O2/c1-15-10-12-16(13-11-15)24-21-19-8-3-4-9-20(19)26-22(27-21)23(28)25-17-6-5-7-18(14-17)29-2/h3-14H,1-2H3,(H,25,28)(H,24,26,27). The van der Waals surface area contributed by atoms with Crippen molar-refractivity contribution < 1.29 is 9.53 Å². The first-order valence-corrected chi connectivity index (χ1v) is 9.18. The third kappa shape index (κ3) is 4.16. The van der Waals surface area contributed by atoms with Gasteiger partial charge in [-0.25, -0.2) is 9.97 Å². The summed E-state index contributed by atoms with van der Waals surface area (Å²) >= 11 is 0. The van der Waals surface area contributed by atoms with Crippen LogP contribution in [0.4, 0.5) is 17.2 Å². The number of hydrogen-bond donors (Lipinski definition) is 2. The van der Waals surface area contributed by atoms with Crippen molar-refractivity contribution in [2.75, 3.05) is 17.7 Å². The van der Waals surface area contributed by atoms with E-state index in [2.05, 4.69) is 20.6 Å². The van der Waals surface area contributed by atoms with E-state index in [0.29, 0.717) is 22.8 Å². The van der Waals surface area contributed by atoms with E-state index in [1.807, 2.05) is 61.5 Å². The summed E-state index contributed by atoms with van der Waals surface area (Å²) in [5, 5.41) is 6.96. The number of methoxy groups -OCH3 is 1. The van der Waals surface area contributed by atoms with Gasteiger partial charge in [-0.3, -0.25) is 4.79 Å². The summed E-state index contributed by atoms with van der Waals surface area (Å²) in [5.74, 6) is 0.927. The molecular formula is C23H20N4O2. The number of rotatable bonds is 5. The topological polar surface area (TPSA) is 76.1 Å². The molecule has 2 N–H and O–H groups in total. The van der Waals surface area contributed by atoms with Gasteiger partial charge in [0.1, 0.15) is 11.6 Å². The van der Waals surface area contributed by atoms with E-state index in [4.69, 9.17) is 4.74 Å². The van der Waals surface area contributed by atoms with E-state index in [1.54, 1.807) is 25.3 Å². The first kappa shape index (κ1) is 18.4. The van der Waals surface area contributed by atoms with Gasteiger partial charge in [0, 0.05) is 22.8 Å². The number of anilines is 3. The molecule has 0 bridgehead atoms. The van der Waals surface area contributed by atoms with Gasteiger partial charge in [0.2, 0.25) is 5.82 Å². The Kier molecular flexibility index (Phi) is 5.07. The Bertz CT molecular complexity index is 1170. The van der Waals surface area contributed by atoms with E-state index < -0.39 is 5.91 Å². The van der Waals surface area contributed by atoms with Crippen molar-refractivity contribution in [2.24, 2.45) is 0 Å². The Morgan fingerprint density at radius 3 is 2.48 bits per heavy atom. The zero-order valence-corrected chi connectivity index (χ0v) is 16.1. The maximum Gasteiger partial charge on any atom is 0.293 e. The molecule has 1 amide bonds. The smallest absolute Gasteiger partial charge is 0.293 e. The van der Waals surface area contributed by atoms with Crippen LogP contribution in [0.2, 0.25) is 0 Å². The predicted octanol–water partition coefficient (Wildman–Crippen LogP) is 4.94. The molecule has 0 aliphatic heterocycles. The number of para-hydroxylation sites is 1. The number of amides is 1. The summed E-state index contributed by atoms with van der Waals surface area (Å²) in [6.45, 7) is 2.03. The number of carbonyl (C=O) groups is 1. The third-order valence-electron chi connectivity index (χ3n) is 4.45. The molecule has 4 aromatic rings. The van der Waals surface area contributed by atoms with Crippen LogP contribution in [0.15, 0.2) is 72.8 Å². The summed E-state index contributed by atoms with van der Waals surface area (Å²) in [5.41, 5.74) is 3.35. The van der Waals surface area contributed by atoms with Crippen LogP contribution >= 0.6 is 0 Å². The molecule has 4 rings (SSSR count). The van der Waals surface area contributed by atoms with Crippen molar-refractivity contribution in [3.8, 4) is 5.75 Å². The highest BCUT2D eigenvalue weighted by Crippen LogP contribution is 2.24. The van der Waals surface area contributed by atoms with Gasteiger partial charge >= 0.3 is 0 Å². The second-order valence-corrected chi connectivity index (χ2v) is 6.59. The van der Waals surface area contributed by atoms with Gasteiger partial charge in [-0.15, -0.1) is 0 Å². The van der Waals surface area contributed by atoms with Gasteiger partial charge in [0.05, 0.1) is 12.6 Å². The quantitative estimate of drug-likeness (QED) is 0.509. The largest absolute Gasteiger partial charge is 0.497 e. The van der Waals surface area contributed by atoms with Crippen LogP contribution in [0.3, 0.4) is 0 Å². The molecule has 0 aliphatic carbocycles.